The Morgan fingerprint density at radius 3 is 1.81 bits per heavy atom. The predicted octanol–water partition coefficient (Wildman–Crippen LogP) is 12.7. The second-order valence-electron chi connectivity index (χ2n) is 14.5. The van der Waals surface area contributed by atoms with Crippen LogP contribution >= 0.6 is 0 Å². The van der Waals surface area contributed by atoms with Crippen LogP contribution in [0.1, 0.15) is 49.9 Å². The average molecular weight is 602 g/mol. The van der Waals surface area contributed by atoms with Crippen LogP contribution in [0, 0.1) is 0 Å². The number of hydrogen-bond acceptors (Lipinski definition) is 1. The number of fused-ring (bicyclic) bond motifs is 7. The topological polar surface area (TPSA) is 3.24 Å². The first-order valence-electron chi connectivity index (χ1n) is 16.8. The molecule has 0 aliphatic heterocycles. The Hall–Kier alpha value is -5.40. The van der Waals surface area contributed by atoms with Crippen LogP contribution in [-0.2, 0) is 10.8 Å². The molecule has 0 unspecified atom stereocenters. The van der Waals surface area contributed by atoms with Crippen molar-refractivity contribution in [2.75, 3.05) is 4.90 Å². The lowest BCUT2D eigenvalue weighted by atomic mass is 9.80. The molecule has 0 radical (unpaired) electrons. The van der Waals surface area contributed by atoms with Gasteiger partial charge in [-0.05, 0) is 108 Å². The average Bonchev–Trinajstić information content (AvgIpc) is 3.47. The third-order valence-corrected chi connectivity index (χ3v) is 11.4. The van der Waals surface area contributed by atoms with Gasteiger partial charge >= 0.3 is 0 Å². The molecule has 0 saturated carbocycles. The van der Waals surface area contributed by atoms with Gasteiger partial charge in [-0.3, -0.25) is 0 Å². The molecule has 10 rings (SSSR count). The van der Waals surface area contributed by atoms with Crippen molar-refractivity contribution in [1.82, 2.24) is 0 Å². The van der Waals surface area contributed by atoms with Crippen molar-refractivity contribution in [3.05, 3.63) is 162 Å². The number of nitrogens with zero attached hydrogens (tertiary/aromatic N) is 1. The van der Waals surface area contributed by atoms with E-state index in [4.69, 9.17) is 0 Å². The van der Waals surface area contributed by atoms with E-state index in [9.17, 15) is 0 Å². The number of anilines is 3. The summed E-state index contributed by atoms with van der Waals surface area (Å²) >= 11 is 0. The molecule has 47 heavy (non-hydrogen) atoms. The fourth-order valence-electron chi connectivity index (χ4n) is 9.07. The van der Waals surface area contributed by atoms with Gasteiger partial charge in [0.15, 0.2) is 0 Å². The Morgan fingerprint density at radius 2 is 1.00 bits per heavy atom. The highest BCUT2D eigenvalue weighted by Crippen LogP contribution is 2.55. The summed E-state index contributed by atoms with van der Waals surface area (Å²) < 4.78 is 0. The normalized spacial score (nSPS) is 15.1. The molecule has 0 N–H and O–H groups in total. The number of hydrogen-bond donors (Lipinski definition) is 0. The zero-order valence-electron chi connectivity index (χ0n) is 27.2. The van der Waals surface area contributed by atoms with Gasteiger partial charge < -0.3 is 4.90 Å². The first-order chi connectivity index (χ1) is 22.8. The number of benzene rings is 8. The number of rotatable bonds is 3. The van der Waals surface area contributed by atoms with Crippen LogP contribution in [0.3, 0.4) is 0 Å². The van der Waals surface area contributed by atoms with Gasteiger partial charge in [0.2, 0.25) is 0 Å². The molecule has 2 aliphatic carbocycles. The molecule has 0 heterocycles. The highest BCUT2D eigenvalue weighted by molar-refractivity contribution is 6.28. The molecule has 0 aromatic heterocycles. The van der Waals surface area contributed by atoms with E-state index in [1.165, 1.54) is 88.2 Å². The van der Waals surface area contributed by atoms with E-state index in [0.717, 1.165) is 5.69 Å². The summed E-state index contributed by atoms with van der Waals surface area (Å²) in [4.78, 5) is 2.47. The maximum atomic E-state index is 2.47. The summed E-state index contributed by atoms with van der Waals surface area (Å²) in [5, 5.41) is 7.94. The highest BCUT2D eigenvalue weighted by Gasteiger charge is 2.38. The lowest BCUT2D eigenvalue weighted by molar-refractivity contribution is 0.660. The van der Waals surface area contributed by atoms with Crippen LogP contribution in [0.5, 0.6) is 0 Å². The Labute approximate surface area is 276 Å². The molecule has 224 valence electrons. The summed E-state index contributed by atoms with van der Waals surface area (Å²) in [5.41, 5.74) is 14.5. The van der Waals surface area contributed by atoms with Gasteiger partial charge in [-0.1, -0.05) is 131 Å². The molecule has 2 aliphatic rings. The van der Waals surface area contributed by atoms with Crippen molar-refractivity contribution < 1.29 is 0 Å². The first-order valence-corrected chi connectivity index (χ1v) is 16.8. The smallest absolute Gasteiger partial charge is 0.0540 e. The van der Waals surface area contributed by atoms with E-state index < -0.39 is 0 Å². The SMILES string of the molecule is CC1(C)c2ccccc2-c2ccc(N(c3ccccc3)c3ccc4ccc5c6c(cc7ccc3c4c75)C(C)(C)c3ccccc3-6)cc21. The van der Waals surface area contributed by atoms with Crippen molar-refractivity contribution in [3.8, 4) is 22.3 Å². The van der Waals surface area contributed by atoms with E-state index in [0.29, 0.717) is 0 Å². The lowest BCUT2D eigenvalue weighted by Crippen LogP contribution is -2.16. The van der Waals surface area contributed by atoms with Crippen molar-refractivity contribution >= 4 is 49.4 Å². The summed E-state index contributed by atoms with van der Waals surface area (Å²) in [6.45, 7) is 9.48. The molecule has 0 saturated heterocycles. The minimum absolute atomic E-state index is 0.0351. The van der Waals surface area contributed by atoms with Crippen LogP contribution in [0.2, 0.25) is 0 Å². The van der Waals surface area contributed by atoms with Crippen LogP contribution in [0.25, 0.3) is 54.6 Å². The van der Waals surface area contributed by atoms with E-state index >= 15 is 0 Å². The van der Waals surface area contributed by atoms with Gasteiger partial charge in [0.05, 0.1) is 5.69 Å². The minimum atomic E-state index is -0.0720. The van der Waals surface area contributed by atoms with Gasteiger partial charge in [0.25, 0.3) is 0 Å². The standard InChI is InChI=1S/C46H35N/c1-45(2)37-16-10-8-14-32(37)33-24-21-31(27-39(33)45)47(30-12-6-5-7-13-30)41-25-20-28-18-23-36-43-29(19-22-35(41)42(28)43)26-40-44(36)34-15-9-11-17-38(34)46(40,3)4/h5-27H,1-4H3. The Morgan fingerprint density at radius 1 is 0.404 bits per heavy atom. The van der Waals surface area contributed by atoms with E-state index in [-0.39, 0.29) is 10.8 Å². The monoisotopic (exact) mass is 601 g/mol. The van der Waals surface area contributed by atoms with Gasteiger partial charge in [-0.15, -0.1) is 0 Å². The van der Waals surface area contributed by atoms with E-state index in [2.05, 4.69) is 172 Å². The molecule has 1 nitrogen and oxygen atoms in total. The quantitative estimate of drug-likeness (QED) is 0.182. The molecule has 0 atom stereocenters. The number of para-hydroxylation sites is 1. The van der Waals surface area contributed by atoms with Crippen molar-refractivity contribution in [3.63, 3.8) is 0 Å². The maximum Gasteiger partial charge on any atom is 0.0540 e. The molecule has 8 aromatic carbocycles. The van der Waals surface area contributed by atoms with E-state index in [1.54, 1.807) is 0 Å². The molecule has 8 aromatic rings. The van der Waals surface area contributed by atoms with Crippen molar-refractivity contribution in [2.45, 2.75) is 38.5 Å². The molecule has 0 amide bonds. The van der Waals surface area contributed by atoms with Gasteiger partial charge in [-0.2, -0.15) is 0 Å². The van der Waals surface area contributed by atoms with Crippen LogP contribution in [0.4, 0.5) is 17.1 Å². The zero-order chi connectivity index (χ0) is 31.7. The predicted molar refractivity (Wildman–Crippen MR) is 200 cm³/mol. The summed E-state index contributed by atoms with van der Waals surface area (Å²) in [6, 6.07) is 52.4. The highest BCUT2D eigenvalue weighted by atomic mass is 15.1. The third kappa shape index (κ3) is 3.44. The molecule has 0 fully saturated rings. The second-order valence-corrected chi connectivity index (χ2v) is 14.5. The molecule has 1 heteroatoms. The lowest BCUT2D eigenvalue weighted by Gasteiger charge is -2.29. The third-order valence-electron chi connectivity index (χ3n) is 11.4. The molecule has 0 spiro atoms. The maximum absolute atomic E-state index is 2.47. The van der Waals surface area contributed by atoms with E-state index in [1.807, 2.05) is 0 Å². The van der Waals surface area contributed by atoms with Gasteiger partial charge in [0, 0.05) is 27.6 Å². The van der Waals surface area contributed by atoms with Gasteiger partial charge in [0.1, 0.15) is 0 Å². The summed E-state index contributed by atoms with van der Waals surface area (Å²) in [6.07, 6.45) is 0. The van der Waals surface area contributed by atoms with Crippen molar-refractivity contribution in [2.24, 2.45) is 0 Å². The first kappa shape index (κ1) is 26.8. The van der Waals surface area contributed by atoms with Crippen molar-refractivity contribution in [1.29, 1.82) is 0 Å². The largest absolute Gasteiger partial charge is 0.310 e. The Kier molecular flexibility index (Phi) is 5.19. The summed E-state index contributed by atoms with van der Waals surface area (Å²) in [7, 11) is 0. The fraction of sp³-hybridized carbons (Fsp3) is 0.130. The minimum Gasteiger partial charge on any atom is -0.310 e. The van der Waals surface area contributed by atoms with Gasteiger partial charge in [-0.25, -0.2) is 0 Å². The van der Waals surface area contributed by atoms with Crippen LogP contribution in [-0.4, -0.2) is 0 Å². The van der Waals surface area contributed by atoms with Crippen LogP contribution in [0.15, 0.2) is 140 Å². The van der Waals surface area contributed by atoms with Crippen LogP contribution < -0.4 is 4.90 Å². The fourth-order valence-corrected chi connectivity index (χ4v) is 9.07. The molecular weight excluding hydrogens is 567 g/mol. The second kappa shape index (κ2) is 9.11. The summed E-state index contributed by atoms with van der Waals surface area (Å²) in [5.74, 6) is 0. The Bertz CT molecular complexity index is 2570. The zero-order valence-corrected chi connectivity index (χ0v) is 27.2. The molecule has 0 bridgehead atoms. The Balaban J connectivity index is 1.25. The molecular formula is C46H35N.